The van der Waals surface area contributed by atoms with Gasteiger partial charge in [-0.15, -0.1) is 4.40 Å². The van der Waals surface area contributed by atoms with E-state index in [2.05, 4.69) is 14.6 Å². The lowest BCUT2D eigenvalue weighted by Gasteiger charge is -2.28. The molecule has 1 amide bonds. The minimum Gasteiger partial charge on any atom is -0.481 e. The highest BCUT2D eigenvalue weighted by atomic mass is 32.2. The molecule has 0 bridgehead atoms. The molecule has 1 fully saturated rings. The maximum absolute atomic E-state index is 11.9. The van der Waals surface area contributed by atoms with Crippen LogP contribution in [0.15, 0.2) is 28.7 Å². The van der Waals surface area contributed by atoms with E-state index in [1.54, 1.807) is 12.1 Å². The van der Waals surface area contributed by atoms with Gasteiger partial charge < -0.3 is 20.8 Å². The van der Waals surface area contributed by atoms with Crippen LogP contribution in [-0.4, -0.2) is 61.8 Å². The molecule has 0 aliphatic carbocycles. The van der Waals surface area contributed by atoms with E-state index in [-0.39, 0.29) is 0 Å². The number of hydrogen-bond acceptors (Lipinski definition) is 6. The van der Waals surface area contributed by atoms with Crippen molar-refractivity contribution in [2.75, 3.05) is 24.2 Å². The highest BCUT2D eigenvalue weighted by Crippen LogP contribution is 2.20. The van der Waals surface area contributed by atoms with Gasteiger partial charge in [-0.25, -0.2) is 8.42 Å². The molecular formula is C17H24N4O7S. The van der Waals surface area contributed by atoms with Gasteiger partial charge >= 0.3 is 11.9 Å². The molecule has 5 N–H and O–H groups in total. The summed E-state index contributed by atoms with van der Waals surface area (Å²) in [5.74, 6) is -3.55. The lowest BCUT2D eigenvalue weighted by molar-refractivity contribution is -0.147. The van der Waals surface area contributed by atoms with E-state index >= 15 is 0 Å². The number of sulfonamides is 1. The van der Waals surface area contributed by atoms with Gasteiger partial charge in [-0.2, -0.15) is 0 Å². The third-order valence-electron chi connectivity index (χ3n) is 3.66. The van der Waals surface area contributed by atoms with Crippen LogP contribution in [0.2, 0.25) is 0 Å². The SMILES string of the molecule is CS(=O)(=O)N=C(N)NC(=O)c1ccc(N2CCCCC2)cc1.O=C(O)CC(=O)O. The van der Waals surface area contributed by atoms with Crippen LogP contribution in [0.25, 0.3) is 0 Å². The van der Waals surface area contributed by atoms with Crippen LogP contribution >= 0.6 is 0 Å². The molecule has 0 radical (unpaired) electrons. The number of aliphatic carboxylic acids is 2. The number of guanidine groups is 1. The lowest BCUT2D eigenvalue weighted by atomic mass is 10.1. The van der Waals surface area contributed by atoms with Gasteiger partial charge in [0.15, 0.2) is 0 Å². The van der Waals surface area contributed by atoms with Crippen LogP contribution in [-0.2, 0) is 19.6 Å². The van der Waals surface area contributed by atoms with Gasteiger partial charge in [0.1, 0.15) is 6.42 Å². The Labute approximate surface area is 168 Å². The van der Waals surface area contributed by atoms with Gasteiger partial charge in [-0.1, -0.05) is 0 Å². The highest BCUT2D eigenvalue weighted by Gasteiger charge is 2.13. The smallest absolute Gasteiger partial charge is 0.314 e. The number of anilines is 1. The number of nitrogens with one attached hydrogen (secondary N) is 1. The number of benzene rings is 1. The zero-order chi connectivity index (χ0) is 22.0. The van der Waals surface area contributed by atoms with Crippen molar-refractivity contribution in [3.8, 4) is 0 Å². The Morgan fingerprint density at radius 1 is 1.07 bits per heavy atom. The molecule has 11 nitrogen and oxygen atoms in total. The van der Waals surface area contributed by atoms with Crippen molar-refractivity contribution < 1.29 is 33.0 Å². The number of nitrogens with zero attached hydrogens (tertiary/aromatic N) is 2. The van der Waals surface area contributed by atoms with E-state index in [4.69, 9.17) is 15.9 Å². The molecular weight excluding hydrogens is 404 g/mol. The second-order valence-corrected chi connectivity index (χ2v) is 7.87. The van der Waals surface area contributed by atoms with Crippen molar-refractivity contribution in [1.29, 1.82) is 0 Å². The van der Waals surface area contributed by atoms with E-state index in [0.717, 1.165) is 25.0 Å². The van der Waals surface area contributed by atoms with Crippen LogP contribution in [0.4, 0.5) is 5.69 Å². The number of amides is 1. The van der Waals surface area contributed by atoms with Gasteiger partial charge in [0.2, 0.25) is 5.96 Å². The van der Waals surface area contributed by atoms with Gasteiger partial charge in [-0.3, -0.25) is 19.7 Å². The average molecular weight is 428 g/mol. The fourth-order valence-corrected chi connectivity index (χ4v) is 2.90. The van der Waals surface area contributed by atoms with Crippen molar-refractivity contribution in [2.45, 2.75) is 25.7 Å². The number of carbonyl (C=O) groups is 3. The van der Waals surface area contributed by atoms with Crippen molar-refractivity contribution in [3.63, 3.8) is 0 Å². The van der Waals surface area contributed by atoms with E-state index < -0.39 is 40.2 Å². The van der Waals surface area contributed by atoms with Crippen LogP contribution in [0.5, 0.6) is 0 Å². The zero-order valence-corrected chi connectivity index (χ0v) is 16.7. The number of carboxylic acid groups (broad SMARTS) is 2. The first kappa shape index (κ1) is 23.9. The Hall–Kier alpha value is -3.15. The molecule has 1 aliphatic heterocycles. The first-order chi connectivity index (χ1) is 13.5. The molecule has 160 valence electrons. The maximum atomic E-state index is 11.9. The summed E-state index contributed by atoms with van der Waals surface area (Å²) < 4.78 is 25.1. The second kappa shape index (κ2) is 11.0. The van der Waals surface area contributed by atoms with E-state index in [0.29, 0.717) is 5.56 Å². The third kappa shape index (κ3) is 10.1. The molecule has 1 aromatic carbocycles. The Balaban J connectivity index is 0.000000516. The van der Waals surface area contributed by atoms with Crippen molar-refractivity contribution >= 4 is 39.5 Å². The molecule has 2 rings (SSSR count). The maximum Gasteiger partial charge on any atom is 0.314 e. The molecule has 12 heteroatoms. The predicted octanol–water partition coefficient (Wildman–Crippen LogP) is 0.227. The molecule has 0 spiro atoms. The fourth-order valence-electron chi connectivity index (χ4n) is 2.50. The van der Waals surface area contributed by atoms with E-state index in [9.17, 15) is 22.8 Å². The zero-order valence-electron chi connectivity index (χ0n) is 15.9. The van der Waals surface area contributed by atoms with Crippen molar-refractivity contribution in [1.82, 2.24) is 5.32 Å². The number of nitrogens with two attached hydrogens (primary N) is 1. The molecule has 0 aromatic heterocycles. The molecule has 0 saturated carbocycles. The standard InChI is InChI=1S/C14H20N4O3S.C3H4O4/c1-22(20,21)17-14(15)16-13(19)11-5-7-12(8-6-11)18-9-3-2-4-10-18;4-2(5)1-3(6)7/h5-8H,2-4,9-10H2,1H3,(H3,15,16,17,19);1H2,(H,4,5)(H,6,7). The molecule has 1 aromatic rings. The Morgan fingerprint density at radius 2 is 1.59 bits per heavy atom. The number of carboxylic acids is 2. The summed E-state index contributed by atoms with van der Waals surface area (Å²) in [6.07, 6.45) is 3.72. The normalized spacial score (nSPS) is 14.4. The van der Waals surface area contributed by atoms with Crippen LogP contribution in [0, 0.1) is 0 Å². The first-order valence-corrected chi connectivity index (χ1v) is 10.5. The van der Waals surface area contributed by atoms with Crippen LogP contribution in [0.3, 0.4) is 0 Å². The Kier molecular flexibility index (Phi) is 9.06. The molecule has 29 heavy (non-hydrogen) atoms. The molecule has 1 heterocycles. The Morgan fingerprint density at radius 3 is 2.00 bits per heavy atom. The third-order valence-corrected chi connectivity index (χ3v) is 4.19. The molecule has 1 saturated heterocycles. The summed E-state index contributed by atoms with van der Waals surface area (Å²) in [6, 6.07) is 7.13. The van der Waals surface area contributed by atoms with Crippen LogP contribution in [0.1, 0.15) is 36.0 Å². The van der Waals surface area contributed by atoms with E-state index in [1.165, 1.54) is 19.3 Å². The summed E-state index contributed by atoms with van der Waals surface area (Å²) in [5, 5.41) is 17.7. The minimum atomic E-state index is -3.63. The van der Waals surface area contributed by atoms with Gasteiger partial charge in [-0.05, 0) is 43.5 Å². The largest absolute Gasteiger partial charge is 0.481 e. The van der Waals surface area contributed by atoms with Gasteiger partial charge in [0, 0.05) is 24.3 Å². The lowest BCUT2D eigenvalue weighted by Crippen LogP contribution is -2.37. The summed E-state index contributed by atoms with van der Waals surface area (Å²) in [7, 11) is -3.63. The number of carbonyl (C=O) groups excluding carboxylic acids is 1. The van der Waals surface area contributed by atoms with Crippen molar-refractivity contribution in [3.05, 3.63) is 29.8 Å². The second-order valence-electron chi connectivity index (χ2n) is 6.22. The van der Waals surface area contributed by atoms with Crippen LogP contribution < -0.4 is 16.0 Å². The fraction of sp³-hybridized carbons (Fsp3) is 0.412. The predicted molar refractivity (Wildman–Crippen MR) is 106 cm³/mol. The minimum absolute atomic E-state index is 0.396. The molecule has 0 atom stereocenters. The topological polar surface area (TPSA) is 179 Å². The molecule has 1 aliphatic rings. The van der Waals surface area contributed by atoms with Crippen molar-refractivity contribution in [2.24, 2.45) is 10.1 Å². The summed E-state index contributed by atoms with van der Waals surface area (Å²) in [4.78, 5) is 33.1. The van der Waals surface area contributed by atoms with Gasteiger partial charge in [0.25, 0.3) is 15.9 Å². The average Bonchev–Trinajstić information content (AvgIpc) is 2.60. The summed E-state index contributed by atoms with van der Waals surface area (Å²) in [6.45, 7) is 2.05. The summed E-state index contributed by atoms with van der Waals surface area (Å²) >= 11 is 0. The monoisotopic (exact) mass is 428 g/mol. The van der Waals surface area contributed by atoms with E-state index in [1.807, 2.05) is 12.1 Å². The number of rotatable bonds is 5. The molecule has 0 unspecified atom stereocenters. The quantitative estimate of drug-likeness (QED) is 0.290. The highest BCUT2D eigenvalue weighted by molar-refractivity contribution is 7.89. The van der Waals surface area contributed by atoms with Gasteiger partial charge in [0.05, 0.1) is 6.26 Å². The first-order valence-electron chi connectivity index (χ1n) is 8.63. The summed E-state index contributed by atoms with van der Waals surface area (Å²) in [5.41, 5.74) is 6.85. The number of piperidine rings is 1. The Bertz CT molecular complexity index is 848. The number of hydrogen-bond donors (Lipinski definition) is 4.